The van der Waals surface area contributed by atoms with Gasteiger partial charge in [0.05, 0.1) is 0 Å². The first-order chi connectivity index (χ1) is 13.0. The summed E-state index contributed by atoms with van der Waals surface area (Å²) in [7, 11) is 0. The van der Waals surface area contributed by atoms with Crippen molar-refractivity contribution in [2.75, 3.05) is 5.73 Å². The lowest BCUT2D eigenvalue weighted by atomic mass is 10.0. The lowest BCUT2D eigenvalue weighted by Gasteiger charge is -2.08. The van der Waals surface area contributed by atoms with E-state index in [9.17, 15) is 14.7 Å². The van der Waals surface area contributed by atoms with Crippen molar-refractivity contribution in [1.82, 2.24) is 5.32 Å². The maximum Gasteiger partial charge on any atom is 0.352 e. The van der Waals surface area contributed by atoms with Crippen LogP contribution in [0.25, 0.3) is 17.2 Å². The summed E-state index contributed by atoms with van der Waals surface area (Å²) in [5.41, 5.74) is 9.19. The number of hydrogen-bond donors (Lipinski definition) is 3. The van der Waals surface area contributed by atoms with Crippen molar-refractivity contribution in [1.29, 1.82) is 0 Å². The zero-order chi connectivity index (χ0) is 19.2. The van der Waals surface area contributed by atoms with E-state index in [0.717, 1.165) is 11.1 Å². The summed E-state index contributed by atoms with van der Waals surface area (Å²) in [6.45, 7) is 0. The summed E-state index contributed by atoms with van der Waals surface area (Å²) >= 11 is 0. The summed E-state index contributed by atoms with van der Waals surface area (Å²) in [6.07, 6.45) is 1.42. The molecule has 0 atom stereocenters. The number of rotatable bonds is 5. The second kappa shape index (κ2) is 8.01. The smallest absolute Gasteiger partial charge is 0.352 e. The fourth-order valence-corrected chi connectivity index (χ4v) is 2.66. The Balaban J connectivity index is 1.91. The lowest BCUT2D eigenvalue weighted by molar-refractivity contribution is -0.132. The molecule has 27 heavy (non-hydrogen) atoms. The Morgan fingerprint density at radius 1 is 0.889 bits per heavy atom. The Hall–Kier alpha value is -3.86. The van der Waals surface area contributed by atoms with E-state index in [1.165, 1.54) is 6.08 Å². The Labute approximate surface area is 156 Å². The van der Waals surface area contributed by atoms with Crippen LogP contribution in [0.4, 0.5) is 5.69 Å². The number of benzene rings is 3. The highest BCUT2D eigenvalue weighted by Gasteiger charge is 2.13. The van der Waals surface area contributed by atoms with E-state index in [0.29, 0.717) is 16.8 Å². The van der Waals surface area contributed by atoms with Gasteiger partial charge in [-0.05, 0) is 41.5 Å². The molecular formula is C22H18N2O3. The average molecular weight is 358 g/mol. The maximum absolute atomic E-state index is 12.3. The van der Waals surface area contributed by atoms with Gasteiger partial charge in [0, 0.05) is 16.8 Å². The van der Waals surface area contributed by atoms with E-state index < -0.39 is 11.9 Å². The number of carboxylic acid groups (broad SMARTS) is 1. The molecule has 0 aliphatic heterocycles. The van der Waals surface area contributed by atoms with Gasteiger partial charge in [-0.2, -0.15) is 0 Å². The van der Waals surface area contributed by atoms with Crippen molar-refractivity contribution in [3.8, 4) is 11.1 Å². The van der Waals surface area contributed by atoms with Gasteiger partial charge in [0.15, 0.2) is 0 Å². The van der Waals surface area contributed by atoms with E-state index in [-0.39, 0.29) is 5.70 Å². The minimum atomic E-state index is -1.22. The number of nitrogens with one attached hydrogen (secondary N) is 1. The quantitative estimate of drug-likeness (QED) is 0.478. The molecule has 3 rings (SSSR count). The molecule has 0 saturated heterocycles. The molecule has 0 aromatic heterocycles. The molecule has 0 heterocycles. The number of nitrogens with two attached hydrogens (primary N) is 1. The Kier molecular flexibility index (Phi) is 5.33. The van der Waals surface area contributed by atoms with Crippen LogP contribution in [-0.4, -0.2) is 17.0 Å². The Bertz CT molecular complexity index is 1010. The highest BCUT2D eigenvalue weighted by molar-refractivity contribution is 6.02. The van der Waals surface area contributed by atoms with Crippen LogP contribution in [0.15, 0.2) is 84.6 Å². The van der Waals surface area contributed by atoms with Gasteiger partial charge in [0.2, 0.25) is 0 Å². The SMILES string of the molecule is Nc1ccccc1-c1cccc(C=C(NC(=O)c2ccccc2)C(=O)O)c1. The van der Waals surface area contributed by atoms with E-state index >= 15 is 0 Å². The lowest BCUT2D eigenvalue weighted by Crippen LogP contribution is -2.27. The molecule has 0 aliphatic rings. The van der Waals surface area contributed by atoms with Crippen LogP contribution in [0, 0.1) is 0 Å². The first-order valence-corrected chi connectivity index (χ1v) is 8.31. The van der Waals surface area contributed by atoms with Crippen molar-refractivity contribution in [3.63, 3.8) is 0 Å². The third kappa shape index (κ3) is 4.41. The zero-order valence-corrected chi connectivity index (χ0v) is 14.4. The van der Waals surface area contributed by atoms with Crippen molar-refractivity contribution in [3.05, 3.63) is 95.7 Å². The molecule has 134 valence electrons. The maximum atomic E-state index is 12.3. The Morgan fingerprint density at radius 3 is 2.30 bits per heavy atom. The van der Waals surface area contributed by atoms with Crippen LogP contribution >= 0.6 is 0 Å². The standard InChI is InChI=1S/C22H18N2O3/c23-19-12-5-4-11-18(19)17-10-6-7-15(13-17)14-20(22(26)27)24-21(25)16-8-2-1-3-9-16/h1-14H,23H2,(H,24,25)(H,26,27). The molecule has 3 aromatic carbocycles. The van der Waals surface area contributed by atoms with Gasteiger partial charge in [-0.15, -0.1) is 0 Å². The summed E-state index contributed by atoms with van der Waals surface area (Å²) in [4.78, 5) is 23.8. The third-order valence-electron chi connectivity index (χ3n) is 3.98. The Morgan fingerprint density at radius 2 is 1.59 bits per heavy atom. The van der Waals surface area contributed by atoms with Crippen LogP contribution in [-0.2, 0) is 4.79 Å². The number of amides is 1. The summed E-state index contributed by atoms with van der Waals surface area (Å²) in [5, 5.41) is 11.9. The summed E-state index contributed by atoms with van der Waals surface area (Å²) < 4.78 is 0. The minimum Gasteiger partial charge on any atom is -0.477 e. The van der Waals surface area contributed by atoms with Gasteiger partial charge in [0.1, 0.15) is 5.70 Å². The minimum absolute atomic E-state index is 0.206. The molecule has 5 nitrogen and oxygen atoms in total. The van der Waals surface area contributed by atoms with Crippen LogP contribution in [0.5, 0.6) is 0 Å². The van der Waals surface area contributed by atoms with Gasteiger partial charge in [0.25, 0.3) is 5.91 Å². The van der Waals surface area contributed by atoms with E-state index in [2.05, 4.69) is 5.32 Å². The van der Waals surface area contributed by atoms with Gasteiger partial charge >= 0.3 is 5.97 Å². The number of carbonyl (C=O) groups is 2. The molecule has 0 fully saturated rings. The molecule has 1 amide bonds. The van der Waals surface area contributed by atoms with E-state index in [4.69, 9.17) is 5.73 Å². The summed E-state index contributed by atoms with van der Waals surface area (Å²) in [6, 6.07) is 23.2. The highest BCUT2D eigenvalue weighted by atomic mass is 16.4. The normalized spacial score (nSPS) is 11.0. The molecule has 0 bridgehead atoms. The predicted octanol–water partition coefficient (Wildman–Crippen LogP) is 3.79. The summed E-state index contributed by atoms with van der Waals surface area (Å²) in [5.74, 6) is -1.70. The average Bonchev–Trinajstić information content (AvgIpc) is 2.68. The molecule has 0 aliphatic carbocycles. The van der Waals surface area contributed by atoms with E-state index in [1.807, 2.05) is 36.4 Å². The topological polar surface area (TPSA) is 92.4 Å². The second-order valence-corrected chi connectivity index (χ2v) is 5.90. The predicted molar refractivity (Wildman–Crippen MR) is 106 cm³/mol. The molecule has 0 unspecified atom stereocenters. The number of carbonyl (C=O) groups excluding carboxylic acids is 1. The van der Waals surface area contributed by atoms with Crippen LogP contribution < -0.4 is 11.1 Å². The molecule has 4 N–H and O–H groups in total. The second-order valence-electron chi connectivity index (χ2n) is 5.90. The number of para-hydroxylation sites is 1. The fraction of sp³-hybridized carbons (Fsp3) is 0. The molecule has 3 aromatic rings. The first-order valence-electron chi connectivity index (χ1n) is 8.31. The number of carboxylic acids is 1. The van der Waals surface area contributed by atoms with Crippen LogP contribution in [0.2, 0.25) is 0 Å². The van der Waals surface area contributed by atoms with Gasteiger partial charge in [-0.1, -0.05) is 54.6 Å². The number of nitrogen functional groups attached to an aromatic ring is 1. The van der Waals surface area contributed by atoms with Gasteiger partial charge in [-0.3, -0.25) is 4.79 Å². The van der Waals surface area contributed by atoms with E-state index in [1.54, 1.807) is 42.5 Å². The number of anilines is 1. The largest absolute Gasteiger partial charge is 0.477 e. The number of hydrogen-bond acceptors (Lipinski definition) is 3. The van der Waals surface area contributed by atoms with Crippen molar-refractivity contribution < 1.29 is 14.7 Å². The highest BCUT2D eigenvalue weighted by Crippen LogP contribution is 2.26. The van der Waals surface area contributed by atoms with Crippen LogP contribution in [0.3, 0.4) is 0 Å². The molecule has 5 heteroatoms. The van der Waals surface area contributed by atoms with Gasteiger partial charge in [-0.25, -0.2) is 4.79 Å². The first kappa shape index (κ1) is 17.9. The van der Waals surface area contributed by atoms with Crippen molar-refractivity contribution in [2.24, 2.45) is 0 Å². The molecule has 0 radical (unpaired) electrons. The number of aliphatic carboxylic acids is 1. The van der Waals surface area contributed by atoms with Crippen molar-refractivity contribution >= 4 is 23.6 Å². The van der Waals surface area contributed by atoms with Gasteiger partial charge < -0.3 is 16.2 Å². The monoisotopic (exact) mass is 358 g/mol. The third-order valence-corrected chi connectivity index (χ3v) is 3.98. The molecule has 0 spiro atoms. The zero-order valence-electron chi connectivity index (χ0n) is 14.4. The molecule has 0 saturated carbocycles. The fourth-order valence-electron chi connectivity index (χ4n) is 2.66. The molecular weight excluding hydrogens is 340 g/mol. The van der Waals surface area contributed by atoms with Crippen molar-refractivity contribution in [2.45, 2.75) is 0 Å². The van der Waals surface area contributed by atoms with Crippen LogP contribution in [0.1, 0.15) is 15.9 Å².